The first kappa shape index (κ1) is 12.0. The number of pyridine rings is 1. The van der Waals surface area contributed by atoms with Gasteiger partial charge in [0, 0.05) is 26.4 Å². The van der Waals surface area contributed by atoms with Crippen LogP contribution in [0.25, 0.3) is 11.2 Å². The van der Waals surface area contributed by atoms with Crippen LogP contribution in [-0.2, 0) is 11.3 Å². The first-order valence-electron chi connectivity index (χ1n) is 5.85. The third kappa shape index (κ3) is 2.16. The average Bonchev–Trinajstić information content (AvgIpc) is 2.71. The number of methoxy groups -OCH3 is 1. The van der Waals surface area contributed by atoms with E-state index in [0.29, 0.717) is 6.54 Å². The molecule has 0 saturated carbocycles. The molecule has 92 valence electrons. The van der Waals surface area contributed by atoms with Crippen LogP contribution in [0.3, 0.4) is 0 Å². The monoisotopic (exact) mass is 234 g/mol. The maximum atomic E-state index is 5.70. The normalized spacial score (nSPS) is 13.1. The van der Waals surface area contributed by atoms with Gasteiger partial charge in [-0.1, -0.05) is 6.92 Å². The van der Waals surface area contributed by atoms with Gasteiger partial charge in [0.1, 0.15) is 17.4 Å². The summed E-state index contributed by atoms with van der Waals surface area (Å²) in [5, 5.41) is 0. The van der Waals surface area contributed by atoms with E-state index in [1.807, 2.05) is 12.1 Å². The van der Waals surface area contributed by atoms with Gasteiger partial charge >= 0.3 is 0 Å². The van der Waals surface area contributed by atoms with E-state index in [2.05, 4.69) is 21.5 Å². The molecule has 2 aromatic heterocycles. The minimum absolute atomic E-state index is 0.171. The molecule has 5 heteroatoms. The van der Waals surface area contributed by atoms with E-state index in [9.17, 15) is 0 Å². The third-order valence-corrected chi connectivity index (χ3v) is 2.77. The minimum Gasteiger partial charge on any atom is -0.372 e. The van der Waals surface area contributed by atoms with Crippen molar-refractivity contribution in [3.8, 4) is 0 Å². The maximum absolute atomic E-state index is 5.70. The van der Waals surface area contributed by atoms with Crippen molar-refractivity contribution < 1.29 is 4.74 Å². The SMILES string of the molecule is CCCn1c(C(CN)OC)nc2cccnc21. The van der Waals surface area contributed by atoms with Crippen LogP contribution in [0.15, 0.2) is 18.3 Å². The van der Waals surface area contributed by atoms with Gasteiger partial charge in [0.25, 0.3) is 0 Å². The van der Waals surface area contributed by atoms with Crippen molar-refractivity contribution >= 4 is 11.2 Å². The lowest BCUT2D eigenvalue weighted by Gasteiger charge is -2.14. The van der Waals surface area contributed by atoms with Crippen LogP contribution in [0.2, 0.25) is 0 Å². The van der Waals surface area contributed by atoms with Gasteiger partial charge in [-0.25, -0.2) is 9.97 Å². The van der Waals surface area contributed by atoms with E-state index >= 15 is 0 Å². The molecule has 0 spiro atoms. The summed E-state index contributed by atoms with van der Waals surface area (Å²) in [7, 11) is 1.65. The zero-order chi connectivity index (χ0) is 12.3. The molecule has 1 unspecified atom stereocenters. The number of fused-ring (bicyclic) bond motifs is 1. The van der Waals surface area contributed by atoms with E-state index in [1.54, 1.807) is 13.3 Å². The molecule has 5 nitrogen and oxygen atoms in total. The Morgan fingerprint density at radius 1 is 1.53 bits per heavy atom. The largest absolute Gasteiger partial charge is 0.372 e. The highest BCUT2D eigenvalue weighted by Gasteiger charge is 2.18. The minimum atomic E-state index is -0.171. The van der Waals surface area contributed by atoms with Gasteiger partial charge in [0.2, 0.25) is 0 Å². The summed E-state index contributed by atoms with van der Waals surface area (Å²) in [6.07, 6.45) is 2.64. The summed E-state index contributed by atoms with van der Waals surface area (Å²) in [4.78, 5) is 8.94. The fourth-order valence-corrected chi connectivity index (χ4v) is 1.97. The highest BCUT2D eigenvalue weighted by molar-refractivity contribution is 5.71. The van der Waals surface area contributed by atoms with Gasteiger partial charge in [-0.3, -0.25) is 0 Å². The summed E-state index contributed by atoms with van der Waals surface area (Å²) < 4.78 is 7.46. The molecule has 0 amide bonds. The maximum Gasteiger partial charge on any atom is 0.160 e. The number of hydrogen-bond acceptors (Lipinski definition) is 4. The van der Waals surface area contributed by atoms with Crippen molar-refractivity contribution in [2.75, 3.05) is 13.7 Å². The topological polar surface area (TPSA) is 66.0 Å². The van der Waals surface area contributed by atoms with Crippen LogP contribution in [0.5, 0.6) is 0 Å². The van der Waals surface area contributed by atoms with Crippen molar-refractivity contribution in [1.29, 1.82) is 0 Å². The fourth-order valence-electron chi connectivity index (χ4n) is 1.97. The molecule has 0 aliphatic rings. The Morgan fingerprint density at radius 3 is 3.00 bits per heavy atom. The Kier molecular flexibility index (Phi) is 3.71. The van der Waals surface area contributed by atoms with Gasteiger partial charge in [-0.05, 0) is 18.6 Å². The Morgan fingerprint density at radius 2 is 2.35 bits per heavy atom. The second-order valence-electron chi connectivity index (χ2n) is 3.93. The number of nitrogens with two attached hydrogens (primary N) is 1. The molecule has 0 aliphatic heterocycles. The number of ether oxygens (including phenoxy) is 1. The molecule has 2 heterocycles. The zero-order valence-electron chi connectivity index (χ0n) is 10.3. The molecular weight excluding hydrogens is 216 g/mol. The van der Waals surface area contributed by atoms with Crippen LogP contribution in [0, 0.1) is 0 Å². The van der Waals surface area contributed by atoms with E-state index in [-0.39, 0.29) is 6.10 Å². The summed E-state index contributed by atoms with van der Waals surface area (Å²) in [5.41, 5.74) is 7.50. The van der Waals surface area contributed by atoms with Crippen LogP contribution in [0.4, 0.5) is 0 Å². The summed E-state index contributed by atoms with van der Waals surface area (Å²) in [6.45, 7) is 3.43. The van der Waals surface area contributed by atoms with E-state index in [1.165, 1.54) is 0 Å². The Hall–Kier alpha value is -1.46. The van der Waals surface area contributed by atoms with Crippen LogP contribution >= 0.6 is 0 Å². The van der Waals surface area contributed by atoms with Gasteiger partial charge in [-0.2, -0.15) is 0 Å². The van der Waals surface area contributed by atoms with Crippen molar-refractivity contribution in [2.24, 2.45) is 5.73 Å². The van der Waals surface area contributed by atoms with Crippen molar-refractivity contribution in [2.45, 2.75) is 26.0 Å². The molecule has 17 heavy (non-hydrogen) atoms. The molecule has 2 N–H and O–H groups in total. The second kappa shape index (κ2) is 5.25. The Labute approximate surface area is 101 Å². The van der Waals surface area contributed by atoms with Gasteiger partial charge in [0.05, 0.1) is 0 Å². The zero-order valence-corrected chi connectivity index (χ0v) is 10.3. The van der Waals surface area contributed by atoms with Gasteiger partial charge in [0.15, 0.2) is 5.65 Å². The standard InChI is InChI=1S/C12H18N4O/c1-3-7-16-11-9(5-4-6-14-11)15-12(16)10(8-13)17-2/h4-6,10H,3,7-8,13H2,1-2H3. The molecule has 2 aromatic rings. The van der Waals surface area contributed by atoms with E-state index in [0.717, 1.165) is 30.0 Å². The average molecular weight is 234 g/mol. The molecule has 0 aliphatic carbocycles. The van der Waals surface area contributed by atoms with Crippen LogP contribution < -0.4 is 5.73 Å². The van der Waals surface area contributed by atoms with Crippen molar-refractivity contribution in [3.63, 3.8) is 0 Å². The Bertz CT molecular complexity index is 490. The highest BCUT2D eigenvalue weighted by atomic mass is 16.5. The lowest BCUT2D eigenvalue weighted by Crippen LogP contribution is -2.19. The molecule has 1 atom stereocenters. The molecule has 0 saturated heterocycles. The Balaban J connectivity index is 2.56. The molecular formula is C12H18N4O. The van der Waals surface area contributed by atoms with Crippen molar-refractivity contribution in [1.82, 2.24) is 14.5 Å². The van der Waals surface area contributed by atoms with Gasteiger partial charge < -0.3 is 15.0 Å². The molecule has 0 fully saturated rings. The summed E-state index contributed by atoms with van der Waals surface area (Å²) in [5.74, 6) is 0.866. The number of rotatable bonds is 5. The smallest absolute Gasteiger partial charge is 0.160 e. The van der Waals surface area contributed by atoms with Crippen molar-refractivity contribution in [3.05, 3.63) is 24.2 Å². The summed E-state index contributed by atoms with van der Waals surface area (Å²) in [6, 6.07) is 3.85. The second-order valence-corrected chi connectivity index (χ2v) is 3.93. The first-order valence-corrected chi connectivity index (χ1v) is 5.85. The highest BCUT2D eigenvalue weighted by Crippen LogP contribution is 2.21. The van der Waals surface area contributed by atoms with Crippen LogP contribution in [0.1, 0.15) is 25.3 Å². The number of nitrogens with zero attached hydrogens (tertiary/aromatic N) is 3. The van der Waals surface area contributed by atoms with E-state index < -0.39 is 0 Å². The predicted molar refractivity (Wildman–Crippen MR) is 66.6 cm³/mol. The fraction of sp³-hybridized carbons (Fsp3) is 0.500. The first-order chi connectivity index (χ1) is 8.31. The quantitative estimate of drug-likeness (QED) is 0.851. The molecule has 0 bridgehead atoms. The van der Waals surface area contributed by atoms with Gasteiger partial charge in [-0.15, -0.1) is 0 Å². The molecule has 0 radical (unpaired) electrons. The third-order valence-electron chi connectivity index (χ3n) is 2.77. The number of aryl methyl sites for hydroxylation is 1. The van der Waals surface area contributed by atoms with E-state index in [4.69, 9.17) is 10.5 Å². The summed E-state index contributed by atoms with van der Waals surface area (Å²) >= 11 is 0. The predicted octanol–water partition coefficient (Wildman–Crippen LogP) is 1.49. The number of imidazole rings is 1. The number of aromatic nitrogens is 3. The van der Waals surface area contributed by atoms with Crippen LogP contribution in [-0.4, -0.2) is 28.2 Å². The molecule has 0 aromatic carbocycles. The number of hydrogen-bond donors (Lipinski definition) is 1. The molecule has 2 rings (SSSR count). The lowest BCUT2D eigenvalue weighted by molar-refractivity contribution is 0.1000. The lowest BCUT2D eigenvalue weighted by atomic mass is 10.3.